The van der Waals surface area contributed by atoms with E-state index in [0.29, 0.717) is 19.3 Å². The molecule has 2 atom stereocenters. The van der Waals surface area contributed by atoms with Crippen LogP contribution in [0.2, 0.25) is 0 Å². The van der Waals surface area contributed by atoms with Crippen molar-refractivity contribution >= 4 is 17.9 Å². The average Bonchev–Trinajstić information content (AvgIpc) is 3.35. The van der Waals surface area contributed by atoms with Crippen LogP contribution in [0.3, 0.4) is 0 Å². The van der Waals surface area contributed by atoms with Crippen molar-refractivity contribution in [2.75, 3.05) is 13.2 Å². The van der Waals surface area contributed by atoms with Crippen LogP contribution in [0.25, 0.3) is 0 Å². The van der Waals surface area contributed by atoms with Crippen molar-refractivity contribution in [3.8, 4) is 0 Å². The minimum Gasteiger partial charge on any atom is -0.462 e. The number of hydrogen-bond donors (Lipinski definition) is 0. The predicted molar refractivity (Wildman–Crippen MR) is 298 cm³/mol. The molecule has 0 heterocycles. The molecule has 0 aliphatic carbocycles. The van der Waals surface area contributed by atoms with E-state index in [0.717, 1.165) is 63.7 Å². The van der Waals surface area contributed by atoms with Gasteiger partial charge in [-0.05, 0) is 25.2 Å². The minimum atomic E-state index is -0.763. The Labute approximate surface area is 431 Å². The van der Waals surface area contributed by atoms with E-state index >= 15 is 0 Å². The van der Waals surface area contributed by atoms with Gasteiger partial charge in [0, 0.05) is 19.3 Å². The first-order valence-corrected chi connectivity index (χ1v) is 31.4. The van der Waals surface area contributed by atoms with Gasteiger partial charge in [0.1, 0.15) is 13.2 Å². The monoisotopic (exact) mass is 975 g/mol. The maximum atomic E-state index is 12.9. The van der Waals surface area contributed by atoms with Crippen molar-refractivity contribution in [3.63, 3.8) is 0 Å². The molecule has 1 unspecified atom stereocenters. The molecule has 0 fully saturated rings. The molecule has 0 rings (SSSR count). The number of carbonyl (C=O) groups is 3. The maximum Gasteiger partial charge on any atom is 0.306 e. The fraction of sp³-hybridized carbons (Fsp3) is 0.952. The molecule has 0 aromatic carbocycles. The largest absolute Gasteiger partial charge is 0.462 e. The summed E-state index contributed by atoms with van der Waals surface area (Å²) in [5.74, 6) is 0.0672. The quantitative estimate of drug-likeness (QED) is 0.0343. The van der Waals surface area contributed by atoms with E-state index < -0.39 is 6.10 Å². The van der Waals surface area contributed by atoms with E-state index in [1.807, 2.05) is 0 Å². The maximum absolute atomic E-state index is 12.9. The third-order valence-corrected chi connectivity index (χ3v) is 14.9. The number of hydrogen-bond acceptors (Lipinski definition) is 6. The molecule has 6 heteroatoms. The number of rotatable bonds is 58. The van der Waals surface area contributed by atoms with Crippen LogP contribution in [0.15, 0.2) is 0 Å². The van der Waals surface area contributed by atoms with Crippen molar-refractivity contribution in [3.05, 3.63) is 0 Å². The molecular weight excluding hydrogens is 853 g/mol. The lowest BCUT2D eigenvalue weighted by Crippen LogP contribution is -2.30. The van der Waals surface area contributed by atoms with Crippen LogP contribution in [0.1, 0.15) is 362 Å². The lowest BCUT2D eigenvalue weighted by atomic mass is 9.99. The number of esters is 3. The Bertz CT molecular complexity index is 1040. The normalized spacial score (nSPS) is 12.3. The van der Waals surface area contributed by atoms with E-state index in [4.69, 9.17) is 14.2 Å². The zero-order chi connectivity index (χ0) is 50.2. The molecule has 0 aromatic rings. The number of carbonyl (C=O) groups excluding carboxylic acids is 3. The van der Waals surface area contributed by atoms with E-state index in [1.165, 1.54) is 257 Å². The van der Waals surface area contributed by atoms with Gasteiger partial charge in [-0.15, -0.1) is 0 Å². The molecule has 6 nitrogen and oxygen atoms in total. The Morgan fingerprint density at radius 2 is 0.507 bits per heavy atom. The molecule has 0 saturated carbocycles. The van der Waals surface area contributed by atoms with Crippen LogP contribution >= 0.6 is 0 Å². The molecule has 0 amide bonds. The van der Waals surface area contributed by atoms with Gasteiger partial charge in [0.05, 0.1) is 0 Å². The molecule has 0 radical (unpaired) electrons. The zero-order valence-electron chi connectivity index (χ0n) is 47.3. The molecule has 410 valence electrons. The van der Waals surface area contributed by atoms with Crippen LogP contribution in [0.4, 0.5) is 0 Å². The van der Waals surface area contributed by atoms with Gasteiger partial charge in [-0.25, -0.2) is 0 Å². The zero-order valence-corrected chi connectivity index (χ0v) is 47.3. The fourth-order valence-corrected chi connectivity index (χ4v) is 9.78. The molecule has 0 saturated heterocycles. The third-order valence-electron chi connectivity index (χ3n) is 14.9. The molecular formula is C63H122O6. The summed E-state index contributed by atoms with van der Waals surface area (Å²) >= 11 is 0. The van der Waals surface area contributed by atoms with E-state index in [1.54, 1.807) is 0 Å². The smallest absolute Gasteiger partial charge is 0.306 e. The Balaban J connectivity index is 4.29. The number of ether oxygens (including phenoxy) is 3. The van der Waals surface area contributed by atoms with E-state index in [2.05, 4.69) is 27.7 Å². The van der Waals surface area contributed by atoms with E-state index in [9.17, 15) is 14.4 Å². The van der Waals surface area contributed by atoms with Gasteiger partial charge in [-0.1, -0.05) is 323 Å². The van der Waals surface area contributed by atoms with Gasteiger partial charge in [0.25, 0.3) is 0 Å². The molecule has 0 bridgehead atoms. The van der Waals surface area contributed by atoms with Crippen molar-refractivity contribution in [1.29, 1.82) is 0 Å². The first-order valence-electron chi connectivity index (χ1n) is 31.4. The highest BCUT2D eigenvalue weighted by molar-refractivity contribution is 5.71. The second-order valence-corrected chi connectivity index (χ2v) is 21.9. The van der Waals surface area contributed by atoms with Gasteiger partial charge >= 0.3 is 17.9 Å². The number of unbranched alkanes of at least 4 members (excludes halogenated alkanes) is 44. The van der Waals surface area contributed by atoms with Crippen molar-refractivity contribution in [1.82, 2.24) is 0 Å². The summed E-state index contributed by atoms with van der Waals surface area (Å²) in [6, 6.07) is 0. The van der Waals surface area contributed by atoms with Crippen LogP contribution < -0.4 is 0 Å². The molecule has 0 N–H and O–H groups in total. The van der Waals surface area contributed by atoms with Crippen molar-refractivity contribution in [2.24, 2.45) is 5.92 Å². The lowest BCUT2D eigenvalue weighted by Gasteiger charge is -2.18. The second kappa shape index (κ2) is 57.3. The molecule has 0 aliphatic rings. The predicted octanol–water partition coefficient (Wildman–Crippen LogP) is 21.0. The molecule has 0 aliphatic heterocycles. The Morgan fingerprint density at radius 3 is 0.754 bits per heavy atom. The van der Waals surface area contributed by atoms with Crippen molar-refractivity contribution in [2.45, 2.75) is 368 Å². The Kier molecular flexibility index (Phi) is 56.0. The van der Waals surface area contributed by atoms with Crippen LogP contribution in [0.5, 0.6) is 0 Å². The van der Waals surface area contributed by atoms with Crippen LogP contribution in [0, 0.1) is 5.92 Å². The highest BCUT2D eigenvalue weighted by Gasteiger charge is 2.19. The van der Waals surface area contributed by atoms with Gasteiger partial charge < -0.3 is 14.2 Å². The summed E-state index contributed by atoms with van der Waals surface area (Å²) in [6.07, 6.45) is 63.8. The Hall–Kier alpha value is -1.59. The summed E-state index contributed by atoms with van der Waals surface area (Å²) in [7, 11) is 0. The topological polar surface area (TPSA) is 78.9 Å². The summed E-state index contributed by atoms with van der Waals surface area (Å²) in [5.41, 5.74) is 0. The molecule has 69 heavy (non-hydrogen) atoms. The van der Waals surface area contributed by atoms with Crippen molar-refractivity contribution < 1.29 is 28.6 Å². The first kappa shape index (κ1) is 67.4. The standard InChI is InChI=1S/C63H122O6/c1-5-8-10-12-14-16-18-20-22-23-24-26-32-36-40-44-48-52-56-63(66)69-60(57-67-61(64)54-50-46-42-38-34-30-25-21-19-17-15-13-11-9-6-2)58-68-62(65)55-51-47-43-39-35-31-28-27-29-33-37-41-45-49-53-59(4)7-3/h59-60H,5-58H2,1-4H3/t59?,60-/m0/s1. The summed E-state index contributed by atoms with van der Waals surface area (Å²) < 4.78 is 16.9. The van der Waals surface area contributed by atoms with Crippen LogP contribution in [-0.2, 0) is 28.6 Å². The van der Waals surface area contributed by atoms with Gasteiger partial charge in [0.2, 0.25) is 0 Å². The lowest BCUT2D eigenvalue weighted by molar-refractivity contribution is -0.167. The van der Waals surface area contributed by atoms with Gasteiger partial charge in [0.15, 0.2) is 6.10 Å². The van der Waals surface area contributed by atoms with E-state index in [-0.39, 0.29) is 31.1 Å². The summed E-state index contributed by atoms with van der Waals surface area (Å²) in [6.45, 7) is 9.12. The minimum absolute atomic E-state index is 0.0613. The third kappa shape index (κ3) is 55.6. The summed E-state index contributed by atoms with van der Waals surface area (Å²) in [4.78, 5) is 38.3. The highest BCUT2D eigenvalue weighted by Crippen LogP contribution is 2.19. The van der Waals surface area contributed by atoms with Crippen LogP contribution in [-0.4, -0.2) is 37.2 Å². The Morgan fingerprint density at radius 1 is 0.290 bits per heavy atom. The molecule has 0 aromatic heterocycles. The first-order chi connectivity index (χ1) is 33.9. The van der Waals surface area contributed by atoms with Gasteiger partial charge in [-0.3, -0.25) is 14.4 Å². The second-order valence-electron chi connectivity index (χ2n) is 21.9. The fourth-order valence-electron chi connectivity index (χ4n) is 9.78. The summed E-state index contributed by atoms with van der Waals surface area (Å²) in [5, 5.41) is 0. The SMILES string of the molecule is CCCCCCCCCCCCCCCCCCCCC(=O)O[C@@H](COC(=O)CCCCCCCCCCCCCCCCC)COC(=O)CCCCCCCCCCCCCCCCC(C)CC. The average molecular weight is 976 g/mol. The van der Waals surface area contributed by atoms with Gasteiger partial charge in [-0.2, -0.15) is 0 Å². The molecule has 0 spiro atoms. The highest BCUT2D eigenvalue weighted by atomic mass is 16.6.